The smallest absolute Gasteiger partial charge is 0.121 e. The summed E-state index contributed by atoms with van der Waals surface area (Å²) in [6.07, 6.45) is 0. The average molecular weight is 214 g/mol. The molecule has 0 saturated heterocycles. The summed E-state index contributed by atoms with van der Waals surface area (Å²) >= 11 is 5.10. The first kappa shape index (κ1) is 9.88. The van der Waals surface area contributed by atoms with Crippen LogP contribution in [0.4, 0.5) is 0 Å². The van der Waals surface area contributed by atoms with Crippen molar-refractivity contribution in [1.29, 1.82) is 5.26 Å². The first-order valence-electron chi connectivity index (χ1n) is 4.67. The Balaban J connectivity index is 3.01. The van der Waals surface area contributed by atoms with Crippen molar-refractivity contribution < 1.29 is 0 Å². The second-order valence-electron chi connectivity index (χ2n) is 3.61. The fourth-order valence-corrected chi connectivity index (χ4v) is 1.87. The molecule has 3 heteroatoms. The molecule has 2 aromatic rings. The van der Waals surface area contributed by atoms with Crippen LogP contribution in [0.1, 0.15) is 16.7 Å². The van der Waals surface area contributed by atoms with Crippen LogP contribution in [0.15, 0.2) is 18.2 Å². The van der Waals surface area contributed by atoms with Crippen LogP contribution in [0.25, 0.3) is 10.9 Å². The van der Waals surface area contributed by atoms with Gasteiger partial charge in [0.15, 0.2) is 0 Å². The van der Waals surface area contributed by atoms with E-state index in [1.807, 2.05) is 19.9 Å². The van der Waals surface area contributed by atoms with E-state index in [9.17, 15) is 0 Å². The minimum atomic E-state index is 0.513. The summed E-state index contributed by atoms with van der Waals surface area (Å²) in [5.41, 5.74) is 3.86. The van der Waals surface area contributed by atoms with E-state index < -0.39 is 0 Å². The van der Waals surface area contributed by atoms with E-state index >= 15 is 0 Å². The Kier molecular flexibility index (Phi) is 2.29. The number of aryl methyl sites for hydroxylation is 2. The van der Waals surface area contributed by atoms with Crippen LogP contribution in [0.2, 0.25) is 0 Å². The van der Waals surface area contributed by atoms with Crippen LogP contribution in [0.5, 0.6) is 0 Å². The number of rotatable bonds is 0. The van der Waals surface area contributed by atoms with Crippen LogP contribution in [0.3, 0.4) is 0 Å². The summed E-state index contributed by atoms with van der Waals surface area (Å²) in [5, 5.41) is 9.97. The first-order valence-corrected chi connectivity index (χ1v) is 5.07. The van der Waals surface area contributed by atoms with Gasteiger partial charge in [0.2, 0.25) is 0 Å². The topological polar surface area (TPSA) is 39.6 Å². The third-order valence-corrected chi connectivity index (χ3v) is 2.89. The van der Waals surface area contributed by atoms with E-state index in [0.717, 1.165) is 22.0 Å². The molecule has 0 radical (unpaired) electrons. The number of aromatic nitrogens is 1. The zero-order chi connectivity index (χ0) is 11.0. The van der Waals surface area contributed by atoms with Crippen LogP contribution in [0, 0.1) is 29.8 Å². The number of hydrogen-bond donors (Lipinski definition) is 1. The van der Waals surface area contributed by atoms with Crippen LogP contribution in [-0.4, -0.2) is 4.98 Å². The fraction of sp³-hybridized carbons (Fsp3) is 0.167. The summed E-state index contributed by atoms with van der Waals surface area (Å²) < 4.78 is 0.513. The molecule has 2 nitrogen and oxygen atoms in total. The number of nitrogens with zero attached hydrogens (tertiary/aromatic N) is 1. The molecule has 1 heterocycles. The van der Waals surface area contributed by atoms with E-state index in [4.69, 9.17) is 17.5 Å². The van der Waals surface area contributed by atoms with Crippen molar-refractivity contribution in [2.24, 2.45) is 0 Å². The highest BCUT2D eigenvalue weighted by Gasteiger charge is 2.03. The maximum atomic E-state index is 8.90. The van der Waals surface area contributed by atoms with Gasteiger partial charge in [-0.15, -0.1) is 0 Å². The first-order chi connectivity index (χ1) is 7.13. The molecule has 0 fully saturated rings. The van der Waals surface area contributed by atoms with Gasteiger partial charge >= 0.3 is 0 Å². The van der Waals surface area contributed by atoms with Crippen LogP contribution >= 0.6 is 12.2 Å². The number of H-pyrrole nitrogens is 1. The standard InChI is InChI=1S/C12H10N2S/c1-7-3-4-8(2)11-10(7)5-9(6-13)12(15)14-11/h3-5H,1-2H3,(H,14,15). The lowest BCUT2D eigenvalue weighted by Crippen LogP contribution is -1.90. The van der Waals surface area contributed by atoms with E-state index in [1.54, 1.807) is 0 Å². The van der Waals surface area contributed by atoms with Gasteiger partial charge in [0.1, 0.15) is 10.7 Å². The predicted octanol–water partition coefficient (Wildman–Crippen LogP) is 3.39. The quantitative estimate of drug-likeness (QED) is 0.683. The molecule has 0 aliphatic rings. The van der Waals surface area contributed by atoms with Crippen molar-refractivity contribution >= 4 is 23.1 Å². The molecule has 0 spiro atoms. The van der Waals surface area contributed by atoms with Gasteiger partial charge in [-0.1, -0.05) is 24.4 Å². The summed E-state index contributed by atoms with van der Waals surface area (Å²) in [6, 6.07) is 8.06. The molecule has 0 bridgehead atoms. The summed E-state index contributed by atoms with van der Waals surface area (Å²) in [7, 11) is 0. The SMILES string of the molecule is Cc1ccc(C)c2[nH]c(=S)c(C#N)cc12. The fourth-order valence-electron chi connectivity index (χ4n) is 1.66. The molecule has 1 aromatic heterocycles. The molecule has 0 aliphatic heterocycles. The van der Waals surface area contributed by atoms with Gasteiger partial charge in [0.05, 0.1) is 5.56 Å². The number of nitriles is 1. The van der Waals surface area contributed by atoms with E-state index in [-0.39, 0.29) is 0 Å². The van der Waals surface area contributed by atoms with Gasteiger partial charge in [-0.2, -0.15) is 5.26 Å². The van der Waals surface area contributed by atoms with Crippen molar-refractivity contribution in [3.63, 3.8) is 0 Å². The van der Waals surface area contributed by atoms with E-state index in [2.05, 4.69) is 23.2 Å². The van der Waals surface area contributed by atoms with Gasteiger partial charge in [-0.25, -0.2) is 0 Å². The minimum absolute atomic E-state index is 0.513. The van der Waals surface area contributed by atoms with E-state index in [0.29, 0.717) is 10.2 Å². The van der Waals surface area contributed by atoms with Crippen molar-refractivity contribution in [2.45, 2.75) is 13.8 Å². The molecular formula is C12H10N2S. The monoisotopic (exact) mass is 214 g/mol. The van der Waals surface area contributed by atoms with E-state index in [1.165, 1.54) is 0 Å². The third kappa shape index (κ3) is 1.53. The lowest BCUT2D eigenvalue weighted by Gasteiger charge is -2.05. The lowest BCUT2D eigenvalue weighted by atomic mass is 10.0. The highest BCUT2D eigenvalue weighted by molar-refractivity contribution is 7.71. The highest BCUT2D eigenvalue weighted by Crippen LogP contribution is 2.21. The van der Waals surface area contributed by atoms with Crippen molar-refractivity contribution in [1.82, 2.24) is 4.98 Å². The normalized spacial score (nSPS) is 10.2. The molecule has 74 valence electrons. The minimum Gasteiger partial charge on any atom is -0.345 e. The Morgan fingerprint density at radius 3 is 2.60 bits per heavy atom. The summed E-state index contributed by atoms with van der Waals surface area (Å²) in [4.78, 5) is 3.11. The van der Waals surface area contributed by atoms with Crippen molar-refractivity contribution in [3.05, 3.63) is 39.5 Å². The van der Waals surface area contributed by atoms with Gasteiger partial charge in [-0.05, 0) is 31.0 Å². The number of nitrogens with one attached hydrogen (secondary N) is 1. The molecule has 1 N–H and O–H groups in total. The Bertz CT molecular complexity index is 632. The lowest BCUT2D eigenvalue weighted by molar-refractivity contribution is 1.30. The average Bonchev–Trinajstić information content (AvgIpc) is 2.23. The highest BCUT2D eigenvalue weighted by atomic mass is 32.1. The largest absolute Gasteiger partial charge is 0.345 e. The Morgan fingerprint density at radius 2 is 1.93 bits per heavy atom. The van der Waals surface area contributed by atoms with Crippen molar-refractivity contribution in [2.75, 3.05) is 0 Å². The maximum Gasteiger partial charge on any atom is 0.121 e. The molecule has 1 aromatic carbocycles. The number of pyridine rings is 1. The zero-order valence-electron chi connectivity index (χ0n) is 8.59. The molecule has 0 unspecified atom stereocenters. The Labute approximate surface area is 93.2 Å². The second kappa shape index (κ2) is 3.48. The van der Waals surface area contributed by atoms with Crippen LogP contribution in [-0.2, 0) is 0 Å². The molecule has 15 heavy (non-hydrogen) atoms. The summed E-state index contributed by atoms with van der Waals surface area (Å²) in [5.74, 6) is 0. The number of aromatic amines is 1. The van der Waals surface area contributed by atoms with Crippen LogP contribution < -0.4 is 0 Å². The number of hydrogen-bond acceptors (Lipinski definition) is 2. The Hall–Kier alpha value is -1.66. The molecule has 0 amide bonds. The number of fused-ring (bicyclic) bond motifs is 1. The second-order valence-corrected chi connectivity index (χ2v) is 4.02. The maximum absolute atomic E-state index is 8.90. The van der Waals surface area contributed by atoms with Gasteiger partial charge in [-0.3, -0.25) is 0 Å². The molecule has 0 atom stereocenters. The predicted molar refractivity (Wildman–Crippen MR) is 63.3 cm³/mol. The Morgan fingerprint density at radius 1 is 1.27 bits per heavy atom. The molecular weight excluding hydrogens is 204 g/mol. The number of benzene rings is 1. The van der Waals surface area contributed by atoms with Crippen molar-refractivity contribution in [3.8, 4) is 6.07 Å². The molecule has 0 saturated carbocycles. The molecule has 2 rings (SSSR count). The van der Waals surface area contributed by atoms with Gasteiger partial charge in [0, 0.05) is 10.9 Å². The molecule has 0 aliphatic carbocycles. The van der Waals surface area contributed by atoms with Gasteiger partial charge in [0.25, 0.3) is 0 Å². The summed E-state index contributed by atoms with van der Waals surface area (Å²) in [6.45, 7) is 4.05. The zero-order valence-corrected chi connectivity index (χ0v) is 9.40. The van der Waals surface area contributed by atoms with Gasteiger partial charge < -0.3 is 4.98 Å². The third-order valence-electron chi connectivity index (χ3n) is 2.56.